The van der Waals surface area contributed by atoms with Crippen LogP contribution in [0.5, 0.6) is 0 Å². The molecule has 0 N–H and O–H groups in total. The maximum absolute atomic E-state index is 11.5. The molecule has 92 valence electrons. The molecular weight excluding hydrogens is 200 g/mol. The Labute approximate surface area is 98.8 Å². The lowest BCUT2D eigenvalue weighted by atomic mass is 9.82. The van der Waals surface area contributed by atoms with Crippen molar-refractivity contribution in [2.75, 3.05) is 33.2 Å². The van der Waals surface area contributed by atoms with Crippen molar-refractivity contribution in [1.29, 1.82) is 0 Å². The fourth-order valence-corrected chi connectivity index (χ4v) is 3.05. The Morgan fingerprint density at radius 3 is 2.44 bits per heavy atom. The zero-order valence-corrected chi connectivity index (χ0v) is 10.6. The summed E-state index contributed by atoms with van der Waals surface area (Å²) in [4.78, 5) is 16.4. The molecule has 2 fully saturated rings. The van der Waals surface area contributed by atoms with Crippen LogP contribution in [0.2, 0.25) is 0 Å². The molecule has 0 aromatic heterocycles. The Hall–Kier alpha value is -0.410. The number of hydrogen-bond acceptors (Lipinski definition) is 3. The van der Waals surface area contributed by atoms with Crippen LogP contribution in [0.4, 0.5) is 0 Å². The molecule has 0 amide bonds. The first-order valence-electron chi connectivity index (χ1n) is 6.60. The smallest absolute Gasteiger partial charge is 0.132 e. The van der Waals surface area contributed by atoms with Crippen molar-refractivity contribution in [2.24, 2.45) is 5.92 Å². The number of rotatable bonds is 2. The normalized spacial score (nSPS) is 33.9. The molecule has 0 bridgehead atoms. The van der Waals surface area contributed by atoms with Crippen molar-refractivity contribution in [3.8, 4) is 0 Å². The topological polar surface area (TPSA) is 23.6 Å². The zero-order chi connectivity index (χ0) is 11.5. The summed E-state index contributed by atoms with van der Waals surface area (Å²) in [6.45, 7) is 6.50. The summed E-state index contributed by atoms with van der Waals surface area (Å²) in [6, 6.07) is 0.677. The Morgan fingerprint density at radius 2 is 1.81 bits per heavy atom. The van der Waals surface area contributed by atoms with E-state index in [0.29, 0.717) is 17.7 Å². The molecule has 0 aromatic carbocycles. The average molecular weight is 224 g/mol. The summed E-state index contributed by atoms with van der Waals surface area (Å²) in [5.41, 5.74) is 0. The van der Waals surface area contributed by atoms with Crippen LogP contribution in [-0.4, -0.2) is 54.9 Å². The first-order chi connectivity index (χ1) is 7.66. The maximum Gasteiger partial charge on any atom is 0.132 e. The van der Waals surface area contributed by atoms with E-state index >= 15 is 0 Å². The van der Waals surface area contributed by atoms with Crippen LogP contribution in [0.1, 0.15) is 32.6 Å². The van der Waals surface area contributed by atoms with Gasteiger partial charge in [-0.1, -0.05) is 6.42 Å². The number of nitrogens with zero attached hydrogens (tertiary/aromatic N) is 2. The van der Waals surface area contributed by atoms with Gasteiger partial charge >= 0.3 is 0 Å². The van der Waals surface area contributed by atoms with Crippen molar-refractivity contribution < 1.29 is 4.79 Å². The summed E-state index contributed by atoms with van der Waals surface area (Å²) >= 11 is 0. The third kappa shape index (κ3) is 2.83. The SMILES string of the molecule is CC(=O)[C@H]1CCC[C@@H](N2CCN(C)CC2)C1. The lowest BCUT2D eigenvalue weighted by Crippen LogP contribution is -2.50. The molecule has 0 aromatic rings. The molecule has 1 saturated carbocycles. The first-order valence-corrected chi connectivity index (χ1v) is 6.60. The highest BCUT2D eigenvalue weighted by molar-refractivity contribution is 5.78. The van der Waals surface area contributed by atoms with E-state index in [4.69, 9.17) is 0 Å². The van der Waals surface area contributed by atoms with E-state index in [1.807, 2.05) is 0 Å². The molecule has 1 aliphatic heterocycles. The van der Waals surface area contributed by atoms with Crippen LogP contribution in [-0.2, 0) is 4.79 Å². The lowest BCUT2D eigenvalue weighted by Gasteiger charge is -2.41. The predicted molar refractivity (Wildman–Crippen MR) is 65.5 cm³/mol. The van der Waals surface area contributed by atoms with Gasteiger partial charge in [0.05, 0.1) is 0 Å². The minimum Gasteiger partial charge on any atom is -0.304 e. The predicted octanol–water partition coefficient (Wildman–Crippen LogP) is 1.38. The van der Waals surface area contributed by atoms with E-state index in [2.05, 4.69) is 16.8 Å². The van der Waals surface area contributed by atoms with Crippen LogP contribution < -0.4 is 0 Å². The van der Waals surface area contributed by atoms with Gasteiger partial charge < -0.3 is 4.90 Å². The molecule has 2 aliphatic rings. The highest BCUT2D eigenvalue weighted by atomic mass is 16.1. The Bertz CT molecular complexity index is 246. The zero-order valence-electron chi connectivity index (χ0n) is 10.6. The highest BCUT2D eigenvalue weighted by Crippen LogP contribution is 2.28. The van der Waals surface area contributed by atoms with Gasteiger partial charge in [0.1, 0.15) is 5.78 Å². The molecule has 3 nitrogen and oxygen atoms in total. The molecule has 1 aliphatic carbocycles. The quantitative estimate of drug-likeness (QED) is 0.708. The largest absolute Gasteiger partial charge is 0.304 e. The molecular formula is C13H24N2O. The molecule has 0 radical (unpaired) electrons. The van der Waals surface area contributed by atoms with Gasteiger partial charge in [-0.05, 0) is 33.2 Å². The molecule has 2 rings (SSSR count). The highest BCUT2D eigenvalue weighted by Gasteiger charge is 2.29. The second kappa shape index (κ2) is 5.28. The van der Waals surface area contributed by atoms with Gasteiger partial charge in [-0.3, -0.25) is 9.69 Å². The Balaban J connectivity index is 1.87. The second-order valence-electron chi connectivity index (χ2n) is 5.47. The Kier molecular flexibility index (Phi) is 3.98. The molecule has 0 unspecified atom stereocenters. The van der Waals surface area contributed by atoms with Gasteiger partial charge in [-0.15, -0.1) is 0 Å². The number of piperazine rings is 1. The summed E-state index contributed by atoms with van der Waals surface area (Å²) in [7, 11) is 2.19. The van der Waals surface area contributed by atoms with Crippen LogP contribution in [0.25, 0.3) is 0 Å². The summed E-state index contributed by atoms with van der Waals surface area (Å²) in [5, 5.41) is 0. The van der Waals surface area contributed by atoms with E-state index in [9.17, 15) is 4.79 Å². The molecule has 1 heterocycles. The molecule has 0 spiro atoms. The molecule has 2 atom stereocenters. The second-order valence-corrected chi connectivity index (χ2v) is 5.47. The van der Waals surface area contributed by atoms with Gasteiger partial charge in [0, 0.05) is 38.1 Å². The number of Topliss-reactive ketones (excluding diaryl/α,β-unsaturated/α-hetero) is 1. The fourth-order valence-electron chi connectivity index (χ4n) is 3.05. The van der Waals surface area contributed by atoms with Gasteiger partial charge in [0.25, 0.3) is 0 Å². The monoisotopic (exact) mass is 224 g/mol. The van der Waals surface area contributed by atoms with Crippen LogP contribution in [0.15, 0.2) is 0 Å². The van der Waals surface area contributed by atoms with E-state index in [1.54, 1.807) is 6.92 Å². The number of carbonyl (C=O) groups excluding carboxylic acids is 1. The number of hydrogen-bond donors (Lipinski definition) is 0. The van der Waals surface area contributed by atoms with Crippen LogP contribution in [0, 0.1) is 5.92 Å². The number of ketones is 1. The van der Waals surface area contributed by atoms with Gasteiger partial charge in [0.15, 0.2) is 0 Å². The molecule has 1 saturated heterocycles. The fraction of sp³-hybridized carbons (Fsp3) is 0.923. The van der Waals surface area contributed by atoms with Crippen molar-refractivity contribution in [3.63, 3.8) is 0 Å². The minimum absolute atomic E-state index is 0.346. The number of likely N-dealkylation sites (N-methyl/N-ethyl adjacent to an activating group) is 1. The molecule has 16 heavy (non-hydrogen) atoms. The summed E-state index contributed by atoms with van der Waals surface area (Å²) in [6.07, 6.45) is 4.77. The third-order valence-corrected chi connectivity index (χ3v) is 4.28. The van der Waals surface area contributed by atoms with Crippen molar-refractivity contribution in [3.05, 3.63) is 0 Å². The van der Waals surface area contributed by atoms with Gasteiger partial charge in [0.2, 0.25) is 0 Å². The van der Waals surface area contributed by atoms with Crippen molar-refractivity contribution >= 4 is 5.78 Å². The lowest BCUT2D eigenvalue weighted by molar-refractivity contribution is -0.122. The van der Waals surface area contributed by atoms with Crippen molar-refractivity contribution in [2.45, 2.75) is 38.6 Å². The van der Waals surface area contributed by atoms with E-state index < -0.39 is 0 Å². The van der Waals surface area contributed by atoms with E-state index in [-0.39, 0.29) is 0 Å². The number of carbonyl (C=O) groups is 1. The minimum atomic E-state index is 0.346. The molecule has 3 heteroatoms. The summed E-state index contributed by atoms with van der Waals surface area (Å²) < 4.78 is 0. The van der Waals surface area contributed by atoms with Crippen molar-refractivity contribution in [1.82, 2.24) is 9.80 Å². The average Bonchev–Trinajstić information content (AvgIpc) is 2.30. The van der Waals surface area contributed by atoms with E-state index in [0.717, 1.165) is 12.8 Å². The van der Waals surface area contributed by atoms with Crippen LogP contribution in [0.3, 0.4) is 0 Å². The Morgan fingerprint density at radius 1 is 1.12 bits per heavy atom. The van der Waals surface area contributed by atoms with Crippen LogP contribution >= 0.6 is 0 Å². The third-order valence-electron chi connectivity index (χ3n) is 4.28. The maximum atomic E-state index is 11.5. The first kappa shape index (κ1) is 12.1. The van der Waals surface area contributed by atoms with Gasteiger partial charge in [-0.2, -0.15) is 0 Å². The standard InChI is InChI=1S/C13H24N2O/c1-11(16)12-4-3-5-13(10-12)15-8-6-14(2)7-9-15/h12-13H,3-10H2,1-2H3/t12-,13+/m0/s1. The van der Waals surface area contributed by atoms with E-state index in [1.165, 1.54) is 39.0 Å². The van der Waals surface area contributed by atoms with Gasteiger partial charge in [-0.25, -0.2) is 0 Å². The summed E-state index contributed by atoms with van der Waals surface area (Å²) in [5.74, 6) is 0.747.